The van der Waals surface area contributed by atoms with Gasteiger partial charge in [0.15, 0.2) is 0 Å². The van der Waals surface area contributed by atoms with E-state index >= 15 is 0 Å². The maximum absolute atomic E-state index is 9.53. The molecule has 0 spiro atoms. The van der Waals surface area contributed by atoms with Gasteiger partial charge in [0.1, 0.15) is 11.3 Å². The third kappa shape index (κ3) is 1.42. The molecule has 0 radical (unpaired) electrons. The summed E-state index contributed by atoms with van der Waals surface area (Å²) in [6.45, 7) is 1.65. The Morgan fingerprint density at radius 2 is 2.00 bits per heavy atom. The van der Waals surface area contributed by atoms with Gasteiger partial charge < -0.3 is 10.2 Å². The maximum Gasteiger partial charge on any atom is 0.141 e. The van der Waals surface area contributed by atoms with Crippen molar-refractivity contribution in [1.82, 2.24) is 4.98 Å². The van der Waals surface area contributed by atoms with Crippen molar-refractivity contribution in [2.24, 2.45) is 0 Å². The highest BCUT2D eigenvalue weighted by Gasteiger charge is 2.05. The van der Waals surface area contributed by atoms with E-state index in [-0.39, 0.29) is 5.75 Å². The molecule has 2 rings (SSSR count). The molecule has 3 heteroatoms. The average molecular weight is 189 g/mol. The number of phenols is 1. The monoisotopic (exact) mass is 189 g/mol. The predicted octanol–water partition coefficient (Wildman–Crippen LogP) is 1.99. The van der Waals surface area contributed by atoms with Crippen LogP contribution in [-0.2, 0) is 0 Å². The van der Waals surface area contributed by atoms with Gasteiger partial charge in [-0.15, -0.1) is 0 Å². The molecule has 0 aliphatic heterocycles. The lowest BCUT2D eigenvalue weighted by atomic mass is 10.1. The van der Waals surface area contributed by atoms with Gasteiger partial charge in [-0.05, 0) is 19.1 Å². The third-order valence-corrected chi connectivity index (χ3v) is 2.15. The van der Waals surface area contributed by atoms with E-state index in [1.165, 1.54) is 0 Å². The number of para-hydroxylation sites is 1. The molecular weight excluding hydrogens is 178 g/mol. The van der Waals surface area contributed by atoms with Crippen LogP contribution in [0.2, 0.25) is 0 Å². The molecule has 14 heavy (non-hydrogen) atoms. The van der Waals surface area contributed by atoms with E-state index < -0.39 is 6.10 Å². The van der Waals surface area contributed by atoms with E-state index in [0.717, 1.165) is 5.39 Å². The molecule has 1 aromatic heterocycles. The summed E-state index contributed by atoms with van der Waals surface area (Å²) in [5.74, 6) is 0.144. The van der Waals surface area contributed by atoms with Gasteiger partial charge in [-0.3, -0.25) is 0 Å². The molecule has 0 aliphatic carbocycles. The fraction of sp³-hybridized carbons (Fsp3) is 0.182. The second kappa shape index (κ2) is 3.27. The zero-order chi connectivity index (χ0) is 10.1. The quantitative estimate of drug-likeness (QED) is 0.721. The Morgan fingerprint density at radius 3 is 2.71 bits per heavy atom. The molecule has 1 aromatic carbocycles. The fourth-order valence-corrected chi connectivity index (χ4v) is 1.38. The smallest absolute Gasteiger partial charge is 0.141 e. The van der Waals surface area contributed by atoms with Gasteiger partial charge in [-0.2, -0.15) is 0 Å². The minimum absolute atomic E-state index is 0.144. The summed E-state index contributed by atoms with van der Waals surface area (Å²) in [7, 11) is 0. The first-order valence-corrected chi connectivity index (χ1v) is 4.45. The van der Waals surface area contributed by atoms with Crippen LogP contribution in [0.25, 0.3) is 10.9 Å². The first-order chi connectivity index (χ1) is 6.68. The molecule has 0 amide bonds. The number of hydrogen-bond acceptors (Lipinski definition) is 3. The number of benzene rings is 1. The Labute approximate surface area is 81.7 Å². The zero-order valence-electron chi connectivity index (χ0n) is 7.81. The van der Waals surface area contributed by atoms with Crippen LogP contribution in [0.5, 0.6) is 5.75 Å². The Balaban J connectivity index is 2.70. The maximum atomic E-state index is 9.53. The van der Waals surface area contributed by atoms with Crippen LogP contribution < -0.4 is 0 Å². The van der Waals surface area contributed by atoms with E-state index in [1.807, 2.05) is 12.1 Å². The highest BCUT2D eigenvalue weighted by atomic mass is 16.3. The summed E-state index contributed by atoms with van der Waals surface area (Å²) in [5.41, 5.74) is 1.10. The predicted molar refractivity (Wildman–Crippen MR) is 54.0 cm³/mol. The number of hydrogen-bond donors (Lipinski definition) is 2. The molecule has 1 unspecified atom stereocenters. The molecule has 0 aliphatic rings. The molecule has 2 N–H and O–H groups in total. The minimum Gasteiger partial charge on any atom is -0.506 e. The van der Waals surface area contributed by atoms with Gasteiger partial charge in [0, 0.05) is 5.39 Å². The minimum atomic E-state index is -0.612. The normalized spacial score (nSPS) is 13.0. The molecule has 0 saturated heterocycles. The summed E-state index contributed by atoms with van der Waals surface area (Å²) < 4.78 is 0. The number of aliphatic hydroxyl groups is 1. The second-order valence-corrected chi connectivity index (χ2v) is 3.26. The Morgan fingerprint density at radius 1 is 1.21 bits per heavy atom. The second-order valence-electron chi connectivity index (χ2n) is 3.26. The standard InChI is InChI=1S/C11H11NO2/c1-7(13)9-6-5-8-3-2-4-10(14)11(8)12-9/h2-7,13-14H,1H3. The van der Waals surface area contributed by atoms with Gasteiger partial charge in [-0.1, -0.05) is 18.2 Å². The summed E-state index contributed by atoms with van der Waals surface area (Å²) in [6.07, 6.45) is -0.612. The molecule has 0 bridgehead atoms. The molecule has 0 saturated carbocycles. The zero-order valence-corrected chi connectivity index (χ0v) is 7.81. The highest BCUT2D eigenvalue weighted by Crippen LogP contribution is 2.23. The molecule has 1 atom stereocenters. The summed E-state index contributed by atoms with van der Waals surface area (Å²) in [5, 5.41) is 19.7. The summed E-state index contributed by atoms with van der Waals surface area (Å²) in [4.78, 5) is 4.17. The van der Waals surface area contributed by atoms with Crippen molar-refractivity contribution < 1.29 is 10.2 Å². The van der Waals surface area contributed by atoms with E-state index in [1.54, 1.807) is 25.1 Å². The average Bonchev–Trinajstić information content (AvgIpc) is 2.18. The SMILES string of the molecule is CC(O)c1ccc2cccc(O)c2n1. The Bertz CT molecular complexity index is 466. The Kier molecular flexibility index (Phi) is 2.09. The molecular formula is C11H11NO2. The molecule has 2 aromatic rings. The fourth-order valence-electron chi connectivity index (χ4n) is 1.38. The van der Waals surface area contributed by atoms with Crippen molar-refractivity contribution in [3.63, 3.8) is 0 Å². The van der Waals surface area contributed by atoms with E-state index in [2.05, 4.69) is 4.98 Å². The van der Waals surface area contributed by atoms with Crippen LogP contribution in [0.15, 0.2) is 30.3 Å². The lowest BCUT2D eigenvalue weighted by molar-refractivity contribution is 0.194. The van der Waals surface area contributed by atoms with Crippen molar-refractivity contribution in [1.29, 1.82) is 0 Å². The number of rotatable bonds is 1. The molecule has 3 nitrogen and oxygen atoms in total. The first-order valence-electron chi connectivity index (χ1n) is 4.45. The van der Waals surface area contributed by atoms with Crippen molar-refractivity contribution in [3.8, 4) is 5.75 Å². The van der Waals surface area contributed by atoms with Crippen molar-refractivity contribution in [3.05, 3.63) is 36.0 Å². The van der Waals surface area contributed by atoms with Gasteiger partial charge >= 0.3 is 0 Å². The van der Waals surface area contributed by atoms with Crippen LogP contribution in [-0.4, -0.2) is 15.2 Å². The number of aromatic hydroxyl groups is 1. The van der Waals surface area contributed by atoms with E-state index in [4.69, 9.17) is 0 Å². The molecule has 0 fully saturated rings. The molecule has 1 heterocycles. The Hall–Kier alpha value is -1.61. The summed E-state index contributed by atoms with van der Waals surface area (Å²) in [6, 6.07) is 8.81. The van der Waals surface area contributed by atoms with Crippen molar-refractivity contribution in [2.75, 3.05) is 0 Å². The third-order valence-electron chi connectivity index (χ3n) is 2.15. The van der Waals surface area contributed by atoms with Gasteiger partial charge in [0.05, 0.1) is 11.8 Å². The topological polar surface area (TPSA) is 53.4 Å². The summed E-state index contributed by atoms with van der Waals surface area (Å²) >= 11 is 0. The lowest BCUT2D eigenvalue weighted by Gasteiger charge is -2.05. The van der Waals surface area contributed by atoms with Gasteiger partial charge in [-0.25, -0.2) is 4.98 Å². The lowest BCUT2D eigenvalue weighted by Crippen LogP contribution is -1.95. The van der Waals surface area contributed by atoms with Gasteiger partial charge in [0.25, 0.3) is 0 Å². The number of phenolic OH excluding ortho intramolecular Hbond substituents is 1. The van der Waals surface area contributed by atoms with E-state index in [9.17, 15) is 10.2 Å². The van der Waals surface area contributed by atoms with Crippen molar-refractivity contribution >= 4 is 10.9 Å². The number of pyridine rings is 1. The van der Waals surface area contributed by atoms with Crippen LogP contribution >= 0.6 is 0 Å². The van der Waals surface area contributed by atoms with Gasteiger partial charge in [0.2, 0.25) is 0 Å². The largest absolute Gasteiger partial charge is 0.506 e. The number of fused-ring (bicyclic) bond motifs is 1. The number of nitrogens with zero attached hydrogens (tertiary/aromatic N) is 1. The number of aliphatic hydroxyl groups excluding tert-OH is 1. The number of aromatic nitrogens is 1. The van der Waals surface area contributed by atoms with Crippen LogP contribution in [0, 0.1) is 0 Å². The van der Waals surface area contributed by atoms with Crippen LogP contribution in [0.4, 0.5) is 0 Å². The van der Waals surface area contributed by atoms with E-state index in [0.29, 0.717) is 11.2 Å². The van der Waals surface area contributed by atoms with Crippen LogP contribution in [0.1, 0.15) is 18.7 Å². The van der Waals surface area contributed by atoms with Crippen molar-refractivity contribution in [2.45, 2.75) is 13.0 Å². The van der Waals surface area contributed by atoms with Crippen LogP contribution in [0.3, 0.4) is 0 Å². The highest BCUT2D eigenvalue weighted by molar-refractivity contribution is 5.84. The molecule has 72 valence electrons. The first kappa shape index (κ1) is 8.97.